The summed E-state index contributed by atoms with van der Waals surface area (Å²) in [5.74, 6) is -1.06. The van der Waals surface area contributed by atoms with Gasteiger partial charge < -0.3 is 0 Å². The molecule has 7 nitrogen and oxygen atoms in total. The Labute approximate surface area is 114 Å². The maximum absolute atomic E-state index is 11.5. The fraction of sp³-hybridized carbons (Fsp3) is 0.273. The second-order valence-electron chi connectivity index (χ2n) is 3.43. The highest BCUT2D eigenvalue weighted by molar-refractivity contribution is 6.31. The van der Waals surface area contributed by atoms with E-state index in [0.29, 0.717) is 5.56 Å². The summed E-state index contributed by atoms with van der Waals surface area (Å²) in [5, 5.41) is 3.28. The number of halogens is 1. The Hall–Kier alpha value is -2.08. The molecule has 1 N–H and O–H groups in total. The molecule has 1 rings (SSSR count). The predicted octanol–water partition coefficient (Wildman–Crippen LogP) is 2.75. The Morgan fingerprint density at radius 1 is 1.53 bits per heavy atom. The smallest absolute Gasteiger partial charge is 0.249 e. The first-order chi connectivity index (χ1) is 9.10. The van der Waals surface area contributed by atoms with Crippen LogP contribution in [0.2, 0.25) is 5.02 Å². The largest absolute Gasteiger partial charge is 0.287 e. The number of amides is 2. The molecule has 1 aromatic rings. The molecule has 0 saturated carbocycles. The minimum absolute atomic E-state index is 0.104. The van der Waals surface area contributed by atoms with Crippen molar-refractivity contribution < 1.29 is 14.4 Å². The first-order valence-electron chi connectivity index (χ1n) is 5.37. The molecule has 0 unspecified atom stereocenters. The number of azide groups is 1. The van der Waals surface area contributed by atoms with Crippen molar-refractivity contribution in [2.45, 2.75) is 20.0 Å². The van der Waals surface area contributed by atoms with Crippen LogP contribution in [0.5, 0.6) is 0 Å². The van der Waals surface area contributed by atoms with E-state index in [1.54, 1.807) is 19.1 Å². The van der Waals surface area contributed by atoms with Crippen LogP contribution < -0.4 is 5.48 Å². The molecule has 8 heteroatoms. The Bertz CT molecular complexity index is 541. The summed E-state index contributed by atoms with van der Waals surface area (Å²) >= 11 is 5.94. The molecule has 0 heterocycles. The third-order valence-corrected chi connectivity index (χ3v) is 2.56. The maximum atomic E-state index is 11.5. The highest BCUT2D eigenvalue weighted by atomic mass is 35.5. The topological polar surface area (TPSA) is 104 Å². The lowest BCUT2D eigenvalue weighted by Crippen LogP contribution is -2.22. The summed E-state index contributed by atoms with van der Waals surface area (Å²) in [7, 11) is 0. The summed E-state index contributed by atoms with van der Waals surface area (Å²) in [5.41, 5.74) is 10.9. The van der Waals surface area contributed by atoms with Gasteiger partial charge in [0.25, 0.3) is 0 Å². The summed E-state index contributed by atoms with van der Waals surface area (Å²) in [6, 6.07) is 4.58. The van der Waals surface area contributed by atoms with Gasteiger partial charge in [-0.2, -0.15) is 0 Å². The molecule has 0 spiro atoms. The van der Waals surface area contributed by atoms with Crippen molar-refractivity contribution in [1.82, 2.24) is 5.48 Å². The minimum Gasteiger partial charge on any atom is -0.287 e. The molecule has 19 heavy (non-hydrogen) atoms. The third kappa shape index (κ3) is 4.26. The fourth-order valence-corrected chi connectivity index (χ4v) is 1.49. The van der Waals surface area contributed by atoms with Gasteiger partial charge in [-0.25, -0.2) is 5.48 Å². The standard InChI is InChI=1S/C11H11ClN4O3/c1-2-10(17)15-19-6-8-7(11(18)14-16-13)4-3-5-9(8)12/h3-5H,2,6H2,1H3,(H,15,17). The Balaban J connectivity index is 2.89. The quantitative estimate of drug-likeness (QED) is 0.388. The molecular formula is C11H11ClN4O3. The zero-order valence-electron chi connectivity index (χ0n) is 10.1. The summed E-state index contributed by atoms with van der Waals surface area (Å²) in [6.45, 7) is 1.57. The van der Waals surface area contributed by atoms with Crippen molar-refractivity contribution in [3.05, 3.63) is 44.8 Å². The third-order valence-electron chi connectivity index (χ3n) is 2.21. The number of hydrogen-bond acceptors (Lipinski definition) is 3. The highest BCUT2D eigenvalue weighted by Crippen LogP contribution is 2.21. The first-order valence-corrected chi connectivity index (χ1v) is 5.75. The molecule has 0 bridgehead atoms. The van der Waals surface area contributed by atoms with Crippen LogP contribution >= 0.6 is 11.6 Å². The zero-order chi connectivity index (χ0) is 14.3. The molecule has 0 fully saturated rings. The van der Waals surface area contributed by atoms with E-state index in [9.17, 15) is 9.59 Å². The molecule has 0 aliphatic heterocycles. The van der Waals surface area contributed by atoms with Crippen molar-refractivity contribution in [3.63, 3.8) is 0 Å². The molecule has 0 aliphatic rings. The zero-order valence-corrected chi connectivity index (χ0v) is 10.8. The second-order valence-corrected chi connectivity index (χ2v) is 3.84. The Kier molecular flexibility index (Phi) is 5.81. The van der Waals surface area contributed by atoms with E-state index in [1.165, 1.54) is 6.07 Å². The minimum atomic E-state index is -0.759. The molecule has 0 aliphatic carbocycles. The predicted molar refractivity (Wildman–Crippen MR) is 68.2 cm³/mol. The van der Waals surface area contributed by atoms with Crippen LogP contribution in [-0.2, 0) is 16.2 Å². The number of nitrogens with one attached hydrogen (secondary N) is 1. The van der Waals surface area contributed by atoms with E-state index in [2.05, 4.69) is 15.5 Å². The number of carbonyl (C=O) groups is 2. The van der Waals surface area contributed by atoms with Crippen molar-refractivity contribution >= 4 is 23.4 Å². The van der Waals surface area contributed by atoms with Crippen LogP contribution in [0.25, 0.3) is 10.4 Å². The molecule has 0 atom stereocenters. The van der Waals surface area contributed by atoms with Gasteiger partial charge in [0.05, 0.1) is 0 Å². The van der Waals surface area contributed by atoms with Crippen LogP contribution in [0.4, 0.5) is 0 Å². The van der Waals surface area contributed by atoms with Gasteiger partial charge in [0, 0.05) is 27.5 Å². The Morgan fingerprint density at radius 3 is 2.89 bits per heavy atom. The Morgan fingerprint density at radius 2 is 2.26 bits per heavy atom. The average molecular weight is 283 g/mol. The van der Waals surface area contributed by atoms with Gasteiger partial charge in [0.2, 0.25) is 11.8 Å². The van der Waals surface area contributed by atoms with Crippen LogP contribution in [0.15, 0.2) is 23.3 Å². The molecule has 0 saturated heterocycles. The van der Waals surface area contributed by atoms with Crippen molar-refractivity contribution in [2.24, 2.45) is 5.11 Å². The lowest BCUT2D eigenvalue weighted by atomic mass is 10.1. The van der Waals surface area contributed by atoms with Gasteiger partial charge in [-0.3, -0.25) is 14.4 Å². The van der Waals surface area contributed by atoms with Crippen molar-refractivity contribution in [3.8, 4) is 0 Å². The molecule has 1 aromatic carbocycles. The number of nitrogens with zero attached hydrogens (tertiary/aromatic N) is 3. The van der Waals surface area contributed by atoms with Crippen LogP contribution in [-0.4, -0.2) is 11.8 Å². The van der Waals surface area contributed by atoms with Gasteiger partial charge in [-0.05, 0) is 16.7 Å². The number of carbonyl (C=O) groups excluding carboxylic acids is 2. The molecule has 2 amide bonds. The van der Waals surface area contributed by atoms with Crippen molar-refractivity contribution in [1.29, 1.82) is 0 Å². The SMILES string of the molecule is CCC(=O)NOCc1c(Cl)cccc1C(=O)N=[N+]=[N-]. The lowest BCUT2D eigenvalue weighted by Gasteiger charge is -2.09. The molecule has 100 valence electrons. The number of rotatable bonds is 5. The summed E-state index contributed by atoms with van der Waals surface area (Å²) in [4.78, 5) is 29.9. The molecule has 0 radical (unpaired) electrons. The van der Waals surface area contributed by atoms with Gasteiger partial charge >= 0.3 is 0 Å². The van der Waals surface area contributed by atoms with Gasteiger partial charge in [-0.15, -0.1) is 0 Å². The van der Waals surface area contributed by atoms with Gasteiger partial charge in [0.15, 0.2) is 0 Å². The van der Waals surface area contributed by atoms with Gasteiger partial charge in [-0.1, -0.05) is 30.7 Å². The second kappa shape index (κ2) is 7.38. The molecular weight excluding hydrogens is 272 g/mol. The van der Waals surface area contributed by atoms with Gasteiger partial charge in [0.1, 0.15) is 6.61 Å². The van der Waals surface area contributed by atoms with E-state index >= 15 is 0 Å². The van der Waals surface area contributed by atoms with E-state index in [0.717, 1.165) is 0 Å². The van der Waals surface area contributed by atoms with E-state index in [-0.39, 0.29) is 29.5 Å². The number of hydroxylamine groups is 1. The van der Waals surface area contributed by atoms with Crippen LogP contribution in [0.1, 0.15) is 29.3 Å². The average Bonchev–Trinajstić information content (AvgIpc) is 2.40. The fourth-order valence-electron chi connectivity index (χ4n) is 1.26. The lowest BCUT2D eigenvalue weighted by molar-refractivity contribution is -0.134. The normalized spacial score (nSPS) is 9.58. The maximum Gasteiger partial charge on any atom is 0.249 e. The summed E-state index contributed by atoms with van der Waals surface area (Å²) < 4.78 is 0. The van der Waals surface area contributed by atoms with E-state index in [1.807, 2.05) is 0 Å². The number of benzene rings is 1. The number of hydrogen-bond donors (Lipinski definition) is 1. The van der Waals surface area contributed by atoms with Crippen LogP contribution in [0.3, 0.4) is 0 Å². The van der Waals surface area contributed by atoms with Crippen molar-refractivity contribution in [2.75, 3.05) is 0 Å². The monoisotopic (exact) mass is 282 g/mol. The van der Waals surface area contributed by atoms with E-state index < -0.39 is 5.91 Å². The van der Waals surface area contributed by atoms with Crippen LogP contribution in [0, 0.1) is 0 Å². The van der Waals surface area contributed by atoms with E-state index in [4.69, 9.17) is 22.0 Å². The summed E-state index contributed by atoms with van der Waals surface area (Å²) in [6.07, 6.45) is 0.271. The molecule has 0 aromatic heterocycles. The highest BCUT2D eigenvalue weighted by Gasteiger charge is 2.13. The first kappa shape index (κ1) is 15.0.